The van der Waals surface area contributed by atoms with E-state index >= 15 is 0 Å². The molecule has 1 aromatic heterocycles. The highest BCUT2D eigenvalue weighted by Gasteiger charge is 2.24. The topological polar surface area (TPSA) is 37.4 Å². The van der Waals surface area contributed by atoms with Gasteiger partial charge in [0.2, 0.25) is 0 Å². The smallest absolute Gasteiger partial charge is 0.190 e. The van der Waals surface area contributed by atoms with Crippen molar-refractivity contribution in [1.82, 2.24) is 10.3 Å². The standard InChI is InChI=1S/C32H41F2N3O/c1-6-22-16-25(7-2)31(35-19-22)37-14-12-24(13-15-37)21-38-30-28(33)17-27(18-29(30)34)26-10-8-23(9-11-26)20-36-32(3,4)5/h8-11,16-19,24,36H,6-7,12-15,20-21H2,1-5H3. The van der Waals surface area contributed by atoms with E-state index in [4.69, 9.17) is 9.72 Å². The van der Waals surface area contributed by atoms with Crippen LogP contribution in [0.25, 0.3) is 11.1 Å². The van der Waals surface area contributed by atoms with Gasteiger partial charge in [-0.05, 0) is 92.3 Å². The molecule has 4 nitrogen and oxygen atoms in total. The van der Waals surface area contributed by atoms with Crippen molar-refractivity contribution < 1.29 is 13.5 Å². The van der Waals surface area contributed by atoms with Crippen LogP contribution in [0.3, 0.4) is 0 Å². The van der Waals surface area contributed by atoms with Crippen LogP contribution in [0.4, 0.5) is 14.6 Å². The predicted molar refractivity (Wildman–Crippen MR) is 152 cm³/mol. The summed E-state index contributed by atoms with van der Waals surface area (Å²) in [7, 11) is 0. The highest BCUT2D eigenvalue weighted by Crippen LogP contribution is 2.31. The number of ether oxygens (including phenoxy) is 1. The maximum Gasteiger partial charge on any atom is 0.190 e. The van der Waals surface area contributed by atoms with Crippen molar-refractivity contribution in [2.24, 2.45) is 5.92 Å². The number of nitrogens with zero attached hydrogens (tertiary/aromatic N) is 2. The zero-order valence-corrected chi connectivity index (χ0v) is 23.4. The maximum absolute atomic E-state index is 14.9. The van der Waals surface area contributed by atoms with Crippen molar-refractivity contribution in [2.45, 2.75) is 72.4 Å². The van der Waals surface area contributed by atoms with Crippen LogP contribution in [0.2, 0.25) is 0 Å². The van der Waals surface area contributed by atoms with Crippen molar-refractivity contribution in [3.63, 3.8) is 0 Å². The minimum absolute atomic E-state index is 0.0221. The third-order valence-corrected chi connectivity index (χ3v) is 7.27. The average Bonchev–Trinajstić information content (AvgIpc) is 2.91. The SMILES string of the molecule is CCc1cnc(N2CCC(COc3c(F)cc(-c4ccc(CNC(C)(C)C)cc4)cc3F)CC2)c(CC)c1. The van der Waals surface area contributed by atoms with E-state index in [9.17, 15) is 8.78 Å². The number of anilines is 1. The number of halogens is 2. The van der Waals surface area contributed by atoms with Crippen molar-refractivity contribution >= 4 is 5.82 Å². The van der Waals surface area contributed by atoms with Gasteiger partial charge in [-0.2, -0.15) is 0 Å². The lowest BCUT2D eigenvalue weighted by Crippen LogP contribution is -2.36. The monoisotopic (exact) mass is 521 g/mol. The van der Waals surface area contributed by atoms with Crippen LogP contribution >= 0.6 is 0 Å². The summed E-state index contributed by atoms with van der Waals surface area (Å²) in [6.07, 6.45) is 5.70. The molecule has 0 amide bonds. The molecule has 4 rings (SSSR count). The predicted octanol–water partition coefficient (Wildman–Crippen LogP) is 7.34. The van der Waals surface area contributed by atoms with Gasteiger partial charge in [0.25, 0.3) is 0 Å². The largest absolute Gasteiger partial charge is 0.487 e. The van der Waals surface area contributed by atoms with E-state index in [-0.39, 0.29) is 17.2 Å². The van der Waals surface area contributed by atoms with Gasteiger partial charge in [-0.1, -0.05) is 44.2 Å². The fraction of sp³-hybridized carbons (Fsp3) is 0.469. The summed E-state index contributed by atoms with van der Waals surface area (Å²) in [5.74, 6) is -0.297. The number of hydrogen-bond acceptors (Lipinski definition) is 4. The number of nitrogens with one attached hydrogen (secondary N) is 1. The van der Waals surface area contributed by atoms with Gasteiger partial charge >= 0.3 is 0 Å². The van der Waals surface area contributed by atoms with E-state index in [1.165, 1.54) is 23.3 Å². The summed E-state index contributed by atoms with van der Waals surface area (Å²) >= 11 is 0. The fourth-order valence-electron chi connectivity index (χ4n) is 4.85. The quantitative estimate of drug-likeness (QED) is 0.320. The second-order valence-corrected chi connectivity index (χ2v) is 11.3. The Bertz CT molecular complexity index is 1190. The number of aryl methyl sites for hydroxylation is 2. The summed E-state index contributed by atoms with van der Waals surface area (Å²) in [6, 6.07) is 12.7. The molecular formula is C32H41F2N3O. The summed E-state index contributed by atoms with van der Waals surface area (Å²) < 4.78 is 35.5. The fourth-order valence-corrected chi connectivity index (χ4v) is 4.85. The third kappa shape index (κ3) is 7.10. The molecule has 0 radical (unpaired) electrons. The third-order valence-electron chi connectivity index (χ3n) is 7.27. The van der Waals surface area contributed by atoms with Gasteiger partial charge in [0.15, 0.2) is 17.4 Å². The van der Waals surface area contributed by atoms with Crippen LogP contribution < -0.4 is 15.0 Å². The Hall–Kier alpha value is -2.99. The number of piperidine rings is 1. The van der Waals surface area contributed by atoms with Crippen molar-refractivity contribution in [3.8, 4) is 16.9 Å². The number of hydrogen-bond donors (Lipinski definition) is 1. The molecule has 0 unspecified atom stereocenters. The van der Waals surface area contributed by atoms with E-state index in [2.05, 4.69) is 50.9 Å². The lowest BCUT2D eigenvalue weighted by molar-refractivity contribution is 0.207. The molecule has 0 atom stereocenters. The zero-order valence-electron chi connectivity index (χ0n) is 23.4. The number of pyridine rings is 1. The first-order valence-corrected chi connectivity index (χ1v) is 13.9. The minimum atomic E-state index is -0.663. The zero-order chi connectivity index (χ0) is 27.3. The Morgan fingerprint density at radius 1 is 0.921 bits per heavy atom. The maximum atomic E-state index is 14.9. The highest BCUT2D eigenvalue weighted by atomic mass is 19.1. The second kappa shape index (κ2) is 12.2. The molecule has 2 aromatic carbocycles. The molecular weight excluding hydrogens is 480 g/mol. The molecule has 1 aliphatic rings. The van der Waals surface area contributed by atoms with Gasteiger partial charge < -0.3 is 15.0 Å². The van der Waals surface area contributed by atoms with Gasteiger partial charge in [0.1, 0.15) is 5.82 Å². The van der Waals surface area contributed by atoms with E-state index in [1.807, 2.05) is 30.5 Å². The Morgan fingerprint density at radius 3 is 2.16 bits per heavy atom. The second-order valence-electron chi connectivity index (χ2n) is 11.3. The summed E-state index contributed by atoms with van der Waals surface area (Å²) in [5, 5.41) is 3.44. The summed E-state index contributed by atoms with van der Waals surface area (Å²) in [5.41, 5.74) is 4.95. The van der Waals surface area contributed by atoms with Gasteiger partial charge in [0, 0.05) is 31.4 Å². The van der Waals surface area contributed by atoms with E-state index in [0.29, 0.717) is 12.2 Å². The first-order chi connectivity index (χ1) is 18.2. The molecule has 6 heteroatoms. The van der Waals surface area contributed by atoms with Crippen molar-refractivity contribution in [1.29, 1.82) is 0 Å². The Balaban J connectivity index is 1.34. The Kier molecular flexibility index (Phi) is 9.03. The van der Waals surface area contributed by atoms with Crippen molar-refractivity contribution in [3.05, 3.63) is 77.0 Å². The molecule has 0 aliphatic carbocycles. The molecule has 1 aliphatic heterocycles. The first kappa shape index (κ1) is 28.0. The van der Waals surface area contributed by atoms with E-state index < -0.39 is 11.6 Å². The molecule has 204 valence electrons. The lowest BCUT2D eigenvalue weighted by atomic mass is 9.97. The average molecular weight is 522 g/mol. The molecule has 1 N–H and O–H groups in total. The van der Waals surface area contributed by atoms with Crippen LogP contribution in [-0.2, 0) is 19.4 Å². The van der Waals surface area contributed by atoms with E-state index in [1.54, 1.807) is 0 Å². The van der Waals surface area contributed by atoms with Gasteiger partial charge in [0.05, 0.1) is 6.61 Å². The van der Waals surface area contributed by atoms with Gasteiger partial charge in [-0.25, -0.2) is 13.8 Å². The molecule has 1 saturated heterocycles. The van der Waals surface area contributed by atoms with Crippen LogP contribution in [-0.4, -0.2) is 30.2 Å². The molecule has 1 fully saturated rings. The molecule has 3 aromatic rings. The van der Waals surface area contributed by atoms with Crippen LogP contribution in [0.1, 0.15) is 64.2 Å². The van der Waals surface area contributed by atoms with Gasteiger partial charge in [-0.3, -0.25) is 0 Å². The highest BCUT2D eigenvalue weighted by molar-refractivity contribution is 5.65. The number of rotatable bonds is 9. The van der Waals surface area contributed by atoms with Crippen LogP contribution in [0, 0.1) is 17.6 Å². The molecule has 0 saturated carbocycles. The van der Waals surface area contributed by atoms with Crippen molar-refractivity contribution in [2.75, 3.05) is 24.6 Å². The lowest BCUT2D eigenvalue weighted by Gasteiger charge is -2.34. The molecule has 0 spiro atoms. The minimum Gasteiger partial charge on any atom is -0.487 e. The molecule has 0 bridgehead atoms. The van der Waals surface area contributed by atoms with Crippen LogP contribution in [0.5, 0.6) is 5.75 Å². The first-order valence-electron chi connectivity index (χ1n) is 13.9. The molecule has 2 heterocycles. The normalized spacial score (nSPS) is 14.7. The summed E-state index contributed by atoms with van der Waals surface area (Å²) in [6.45, 7) is 13.4. The van der Waals surface area contributed by atoms with Gasteiger partial charge in [-0.15, -0.1) is 0 Å². The molecule has 38 heavy (non-hydrogen) atoms. The summed E-state index contributed by atoms with van der Waals surface area (Å²) in [4.78, 5) is 7.06. The number of aromatic nitrogens is 1. The number of benzene rings is 2. The van der Waals surface area contributed by atoms with E-state index in [0.717, 1.165) is 62.3 Å². The Labute approximate surface area is 226 Å². The van der Waals surface area contributed by atoms with Crippen LogP contribution in [0.15, 0.2) is 48.7 Å². The Morgan fingerprint density at radius 2 is 1.58 bits per heavy atom.